The third-order valence-corrected chi connectivity index (χ3v) is 4.68. The van der Waals surface area contributed by atoms with E-state index >= 15 is 0 Å². The summed E-state index contributed by atoms with van der Waals surface area (Å²) >= 11 is 0. The number of aromatic nitrogens is 4. The topological polar surface area (TPSA) is 60.0 Å². The van der Waals surface area contributed by atoms with Gasteiger partial charge in [-0.1, -0.05) is 42.5 Å². The van der Waals surface area contributed by atoms with Crippen molar-refractivity contribution in [3.8, 4) is 11.3 Å². The van der Waals surface area contributed by atoms with Crippen LogP contribution in [0.1, 0.15) is 12.5 Å². The van der Waals surface area contributed by atoms with Gasteiger partial charge in [-0.3, -0.25) is 0 Å². The van der Waals surface area contributed by atoms with E-state index in [-0.39, 0.29) is 0 Å². The molecule has 0 bridgehead atoms. The van der Waals surface area contributed by atoms with Crippen LogP contribution in [0.15, 0.2) is 65.8 Å². The molecule has 0 unspecified atom stereocenters. The molecular formula is C20H18N6. The molecule has 0 amide bonds. The average Bonchev–Trinajstić information content (AvgIpc) is 3.11. The van der Waals surface area contributed by atoms with E-state index in [9.17, 15) is 0 Å². The number of nitrogens with one attached hydrogen (secondary N) is 1. The highest BCUT2D eigenvalue weighted by Gasteiger charge is 2.21. The summed E-state index contributed by atoms with van der Waals surface area (Å²) in [5, 5.41) is 5.54. The third kappa shape index (κ3) is 2.23. The molecule has 26 heavy (non-hydrogen) atoms. The minimum Gasteiger partial charge on any atom is -0.318 e. The molecule has 2 aromatic heterocycles. The van der Waals surface area contributed by atoms with Crippen molar-refractivity contribution in [2.24, 2.45) is 4.99 Å². The summed E-state index contributed by atoms with van der Waals surface area (Å²) in [6, 6.07) is 18.3. The zero-order valence-corrected chi connectivity index (χ0v) is 14.4. The fraction of sp³-hybridized carbons (Fsp3) is 0.150. The van der Waals surface area contributed by atoms with Crippen LogP contribution < -0.4 is 11.0 Å². The predicted octanol–water partition coefficient (Wildman–Crippen LogP) is 3.21. The van der Waals surface area contributed by atoms with Crippen molar-refractivity contribution < 1.29 is 0 Å². The van der Waals surface area contributed by atoms with Gasteiger partial charge < -0.3 is 5.43 Å². The molecule has 0 fully saturated rings. The second kappa shape index (κ2) is 5.84. The van der Waals surface area contributed by atoms with E-state index in [1.165, 1.54) is 11.1 Å². The monoisotopic (exact) mass is 342 g/mol. The molecule has 5 rings (SSSR count). The lowest BCUT2D eigenvalue weighted by atomic mass is 10.0. The summed E-state index contributed by atoms with van der Waals surface area (Å²) in [6.45, 7) is 3.57. The summed E-state index contributed by atoms with van der Waals surface area (Å²) in [4.78, 5) is 9.60. The number of rotatable bonds is 2. The Morgan fingerprint density at radius 2 is 1.88 bits per heavy atom. The fourth-order valence-electron chi connectivity index (χ4n) is 3.44. The first-order valence-electron chi connectivity index (χ1n) is 8.75. The Morgan fingerprint density at radius 3 is 2.73 bits per heavy atom. The SMILES string of the molecule is CCn1ncc2c3n(c(=Nc4ccccc4)nc21)NCc1ccccc1-3. The van der Waals surface area contributed by atoms with E-state index in [4.69, 9.17) is 9.98 Å². The molecule has 3 heterocycles. The zero-order chi connectivity index (χ0) is 17.5. The van der Waals surface area contributed by atoms with Crippen LogP contribution >= 0.6 is 0 Å². The molecule has 1 aliphatic heterocycles. The zero-order valence-electron chi connectivity index (χ0n) is 14.4. The van der Waals surface area contributed by atoms with Gasteiger partial charge in [0.25, 0.3) is 5.62 Å². The van der Waals surface area contributed by atoms with Crippen molar-refractivity contribution in [2.45, 2.75) is 20.0 Å². The van der Waals surface area contributed by atoms with E-state index in [2.05, 4.69) is 41.7 Å². The molecule has 0 aliphatic carbocycles. The third-order valence-electron chi connectivity index (χ3n) is 4.68. The van der Waals surface area contributed by atoms with Crippen LogP contribution in [0.4, 0.5) is 5.69 Å². The van der Waals surface area contributed by atoms with Gasteiger partial charge in [-0.25, -0.2) is 14.4 Å². The first-order chi connectivity index (χ1) is 12.8. The second-order valence-corrected chi connectivity index (χ2v) is 6.23. The summed E-state index contributed by atoms with van der Waals surface area (Å²) in [7, 11) is 0. The van der Waals surface area contributed by atoms with Gasteiger partial charge in [0.15, 0.2) is 5.65 Å². The second-order valence-electron chi connectivity index (χ2n) is 6.23. The van der Waals surface area contributed by atoms with E-state index in [1.54, 1.807) is 0 Å². The maximum Gasteiger partial charge on any atom is 0.251 e. The standard InChI is InChI=1S/C20H18N6/c1-2-25-19-17(13-21-25)18-16-11-7-6-8-14(16)12-22-26(18)20(24-19)23-15-9-4-3-5-10-15/h3-11,13,22H,2,12H2,1H3. The maximum absolute atomic E-state index is 4.82. The van der Waals surface area contributed by atoms with E-state index in [1.807, 2.05) is 45.9 Å². The number of nitrogens with zero attached hydrogens (tertiary/aromatic N) is 5. The van der Waals surface area contributed by atoms with Crippen molar-refractivity contribution >= 4 is 16.7 Å². The Hall–Kier alpha value is -3.41. The van der Waals surface area contributed by atoms with E-state index in [0.29, 0.717) is 5.62 Å². The Kier molecular flexibility index (Phi) is 3.35. The van der Waals surface area contributed by atoms with Crippen molar-refractivity contribution in [3.63, 3.8) is 0 Å². The van der Waals surface area contributed by atoms with Crippen molar-refractivity contribution in [1.29, 1.82) is 0 Å². The Bertz CT molecular complexity index is 1170. The fourth-order valence-corrected chi connectivity index (χ4v) is 3.44. The summed E-state index contributed by atoms with van der Waals surface area (Å²) in [6.07, 6.45) is 1.90. The first-order valence-corrected chi connectivity index (χ1v) is 8.75. The minimum atomic E-state index is 0.628. The van der Waals surface area contributed by atoms with Crippen LogP contribution in [-0.4, -0.2) is 19.4 Å². The Labute approximate surface area is 150 Å². The number of para-hydroxylation sites is 1. The number of benzene rings is 2. The highest BCUT2D eigenvalue weighted by Crippen LogP contribution is 2.31. The average molecular weight is 342 g/mol. The summed E-state index contributed by atoms with van der Waals surface area (Å²) in [5.74, 6) is 0. The van der Waals surface area contributed by atoms with Crippen LogP contribution in [0.3, 0.4) is 0 Å². The Balaban J connectivity index is 1.90. The van der Waals surface area contributed by atoms with E-state index in [0.717, 1.165) is 35.5 Å². The maximum atomic E-state index is 4.82. The number of aryl methyl sites for hydroxylation is 1. The van der Waals surface area contributed by atoms with Crippen LogP contribution in [-0.2, 0) is 13.1 Å². The molecule has 0 saturated carbocycles. The largest absolute Gasteiger partial charge is 0.318 e. The van der Waals surface area contributed by atoms with Gasteiger partial charge in [-0.05, 0) is 24.6 Å². The number of hydrogen-bond donors (Lipinski definition) is 1. The van der Waals surface area contributed by atoms with Gasteiger partial charge in [0.1, 0.15) is 0 Å². The van der Waals surface area contributed by atoms with Gasteiger partial charge in [0.05, 0.1) is 29.5 Å². The lowest BCUT2D eigenvalue weighted by Crippen LogP contribution is -2.36. The number of fused-ring (bicyclic) bond motifs is 5. The lowest BCUT2D eigenvalue weighted by Gasteiger charge is -2.24. The lowest BCUT2D eigenvalue weighted by molar-refractivity contribution is 0.669. The number of hydrogen-bond acceptors (Lipinski definition) is 4. The molecule has 128 valence electrons. The highest BCUT2D eigenvalue weighted by atomic mass is 15.5. The van der Waals surface area contributed by atoms with E-state index < -0.39 is 0 Å². The van der Waals surface area contributed by atoms with Gasteiger partial charge in [-0.2, -0.15) is 10.1 Å². The smallest absolute Gasteiger partial charge is 0.251 e. The van der Waals surface area contributed by atoms with Crippen LogP contribution in [0.2, 0.25) is 0 Å². The van der Waals surface area contributed by atoms with Crippen LogP contribution in [0.25, 0.3) is 22.3 Å². The van der Waals surface area contributed by atoms with Gasteiger partial charge in [0.2, 0.25) is 0 Å². The quantitative estimate of drug-likeness (QED) is 0.608. The summed E-state index contributed by atoms with van der Waals surface area (Å²) < 4.78 is 3.90. The molecule has 0 atom stereocenters. The molecule has 6 heteroatoms. The molecule has 6 nitrogen and oxygen atoms in total. The van der Waals surface area contributed by atoms with Crippen molar-refractivity contribution in [2.75, 3.05) is 5.43 Å². The molecule has 0 radical (unpaired) electrons. The molecule has 1 aliphatic rings. The molecule has 0 spiro atoms. The van der Waals surface area contributed by atoms with Crippen LogP contribution in [0.5, 0.6) is 0 Å². The predicted molar refractivity (Wildman–Crippen MR) is 101 cm³/mol. The van der Waals surface area contributed by atoms with Gasteiger partial charge >= 0.3 is 0 Å². The van der Waals surface area contributed by atoms with Crippen LogP contribution in [0, 0.1) is 0 Å². The molecular weight excluding hydrogens is 324 g/mol. The van der Waals surface area contributed by atoms with Gasteiger partial charge in [-0.15, -0.1) is 0 Å². The van der Waals surface area contributed by atoms with Crippen molar-refractivity contribution in [1.82, 2.24) is 19.4 Å². The van der Waals surface area contributed by atoms with Crippen molar-refractivity contribution in [3.05, 3.63) is 72.0 Å². The minimum absolute atomic E-state index is 0.628. The van der Waals surface area contributed by atoms with Gasteiger partial charge in [0, 0.05) is 12.1 Å². The first kappa shape index (κ1) is 14.9. The molecule has 0 saturated heterocycles. The summed E-state index contributed by atoms with van der Waals surface area (Å²) in [5.41, 5.74) is 9.32. The molecule has 1 N–H and O–H groups in total. The normalized spacial score (nSPS) is 13.3. The highest BCUT2D eigenvalue weighted by molar-refractivity contribution is 5.92. The molecule has 4 aromatic rings. The molecule has 2 aromatic carbocycles. The Morgan fingerprint density at radius 1 is 1.08 bits per heavy atom.